The lowest BCUT2D eigenvalue weighted by Crippen LogP contribution is -2.46. The Balaban J connectivity index is 1.65. The van der Waals surface area contributed by atoms with Crippen molar-refractivity contribution in [3.8, 4) is 0 Å². The number of benzene rings is 1. The number of anilines is 2. The zero-order valence-electron chi connectivity index (χ0n) is 14.4. The molecule has 0 saturated carbocycles. The topological polar surface area (TPSA) is 95.5 Å². The van der Waals surface area contributed by atoms with E-state index in [0.717, 1.165) is 6.41 Å². The molecule has 1 aromatic carbocycles. The number of nitrogens with zero attached hydrogens (tertiary/aromatic N) is 4. The second kappa shape index (κ2) is 7.73. The molecule has 0 radical (unpaired) electrons. The summed E-state index contributed by atoms with van der Waals surface area (Å²) in [6.07, 6.45) is 3.82. The lowest BCUT2D eigenvalue weighted by atomic mass is 10.1. The molecule has 8 nitrogen and oxygen atoms in total. The summed E-state index contributed by atoms with van der Waals surface area (Å²) in [5.41, 5.74) is 1.24. The first-order valence-corrected chi connectivity index (χ1v) is 8.25. The van der Waals surface area contributed by atoms with E-state index in [1.54, 1.807) is 35.4 Å². The molecule has 8 heteroatoms. The molecule has 1 aromatic heterocycles. The first kappa shape index (κ1) is 17.5. The van der Waals surface area contributed by atoms with E-state index in [-0.39, 0.29) is 11.5 Å². The van der Waals surface area contributed by atoms with Crippen molar-refractivity contribution in [2.45, 2.75) is 6.92 Å². The van der Waals surface area contributed by atoms with Crippen LogP contribution in [0.2, 0.25) is 0 Å². The second-order valence-electron chi connectivity index (χ2n) is 5.98. The Kier molecular flexibility index (Phi) is 5.21. The van der Waals surface area contributed by atoms with Crippen LogP contribution >= 0.6 is 0 Å². The quantitative estimate of drug-likeness (QED) is 0.641. The van der Waals surface area contributed by atoms with Crippen LogP contribution in [-0.2, 0) is 4.79 Å². The van der Waals surface area contributed by atoms with Crippen LogP contribution in [0.15, 0.2) is 36.7 Å². The Hall–Kier alpha value is -3.29. The number of piperazine rings is 1. The van der Waals surface area contributed by atoms with Crippen LogP contribution in [-0.4, -0.2) is 59.1 Å². The second-order valence-corrected chi connectivity index (χ2v) is 5.98. The largest absolute Gasteiger partial charge is 0.352 e. The molecule has 0 atom stereocenters. The highest BCUT2D eigenvalue weighted by molar-refractivity contribution is 6.03. The van der Waals surface area contributed by atoms with Gasteiger partial charge in [-0.1, -0.05) is 12.1 Å². The molecule has 2 aromatic rings. The first-order chi connectivity index (χ1) is 12.6. The third kappa shape index (κ3) is 4.02. The van der Waals surface area contributed by atoms with E-state index < -0.39 is 5.91 Å². The lowest BCUT2D eigenvalue weighted by molar-refractivity contribution is -0.118. The molecule has 1 aliphatic rings. The number of carbonyl (C=O) groups excluding carboxylic acids is 3. The van der Waals surface area contributed by atoms with Crippen LogP contribution in [0, 0.1) is 0 Å². The van der Waals surface area contributed by atoms with Gasteiger partial charge in [0.25, 0.3) is 5.91 Å². The monoisotopic (exact) mass is 353 g/mol. The van der Waals surface area contributed by atoms with E-state index in [2.05, 4.69) is 15.3 Å². The van der Waals surface area contributed by atoms with Gasteiger partial charge in [0.2, 0.25) is 6.41 Å². The zero-order valence-corrected chi connectivity index (χ0v) is 14.4. The predicted molar refractivity (Wildman–Crippen MR) is 96.3 cm³/mol. The van der Waals surface area contributed by atoms with Crippen LogP contribution in [0.5, 0.6) is 0 Å². The van der Waals surface area contributed by atoms with Crippen molar-refractivity contribution < 1.29 is 14.4 Å². The SMILES string of the molecule is CC(=O)c1cccc(NC(=O)c2cnc(N3CCN(C=O)CC3)cn2)c1. The minimum absolute atomic E-state index is 0.0695. The van der Waals surface area contributed by atoms with E-state index in [1.165, 1.54) is 13.1 Å². The Morgan fingerprint density at radius 3 is 2.50 bits per heavy atom. The molecule has 134 valence electrons. The molecule has 0 unspecified atom stereocenters. The summed E-state index contributed by atoms with van der Waals surface area (Å²) in [5.74, 6) is 0.209. The van der Waals surface area contributed by atoms with E-state index in [0.29, 0.717) is 43.2 Å². The minimum atomic E-state index is -0.393. The van der Waals surface area contributed by atoms with Crippen LogP contribution in [0.3, 0.4) is 0 Å². The molecule has 2 amide bonds. The normalized spacial score (nSPS) is 14.0. The van der Waals surface area contributed by atoms with Gasteiger partial charge in [0.05, 0.1) is 12.4 Å². The number of hydrogen-bond donors (Lipinski definition) is 1. The molecule has 2 heterocycles. The van der Waals surface area contributed by atoms with Gasteiger partial charge in [0.15, 0.2) is 5.78 Å². The fourth-order valence-corrected chi connectivity index (χ4v) is 2.67. The zero-order chi connectivity index (χ0) is 18.5. The maximum absolute atomic E-state index is 12.3. The number of Topliss-reactive ketones (excluding diaryl/α,β-unsaturated/α-hetero) is 1. The number of aromatic nitrogens is 2. The van der Waals surface area contributed by atoms with Gasteiger partial charge in [-0.05, 0) is 19.1 Å². The van der Waals surface area contributed by atoms with Crippen molar-refractivity contribution in [2.75, 3.05) is 36.4 Å². The molecular weight excluding hydrogens is 334 g/mol. The Morgan fingerprint density at radius 2 is 1.88 bits per heavy atom. The summed E-state index contributed by atoms with van der Waals surface area (Å²) in [4.78, 5) is 46.7. The minimum Gasteiger partial charge on any atom is -0.352 e. The fraction of sp³-hybridized carbons (Fsp3) is 0.278. The summed E-state index contributed by atoms with van der Waals surface area (Å²) in [7, 11) is 0. The number of carbonyl (C=O) groups is 3. The number of amides is 2. The first-order valence-electron chi connectivity index (χ1n) is 8.25. The Bertz CT molecular complexity index is 814. The molecule has 0 aliphatic carbocycles. The average Bonchev–Trinajstić information content (AvgIpc) is 2.68. The molecule has 1 saturated heterocycles. The number of ketones is 1. The van der Waals surface area contributed by atoms with Gasteiger partial charge < -0.3 is 15.1 Å². The van der Waals surface area contributed by atoms with Gasteiger partial charge in [-0.3, -0.25) is 14.4 Å². The third-order valence-corrected chi connectivity index (χ3v) is 4.19. The van der Waals surface area contributed by atoms with Crippen molar-refractivity contribution >= 4 is 29.6 Å². The number of nitrogens with one attached hydrogen (secondary N) is 1. The summed E-state index contributed by atoms with van der Waals surface area (Å²) < 4.78 is 0. The van der Waals surface area contributed by atoms with Crippen molar-refractivity contribution in [1.82, 2.24) is 14.9 Å². The van der Waals surface area contributed by atoms with Crippen LogP contribution in [0.25, 0.3) is 0 Å². The molecule has 0 spiro atoms. The van der Waals surface area contributed by atoms with E-state index in [1.807, 2.05) is 4.90 Å². The van der Waals surface area contributed by atoms with Gasteiger partial charge in [0.1, 0.15) is 11.5 Å². The summed E-state index contributed by atoms with van der Waals surface area (Å²) in [5, 5.41) is 2.71. The van der Waals surface area contributed by atoms with Gasteiger partial charge in [-0.25, -0.2) is 9.97 Å². The molecule has 1 fully saturated rings. The van der Waals surface area contributed by atoms with Crippen molar-refractivity contribution in [3.05, 3.63) is 47.9 Å². The van der Waals surface area contributed by atoms with Gasteiger partial charge >= 0.3 is 0 Å². The number of rotatable bonds is 5. The van der Waals surface area contributed by atoms with Crippen molar-refractivity contribution in [3.63, 3.8) is 0 Å². The standard InChI is InChI=1S/C18H19N5O3/c1-13(25)14-3-2-4-15(9-14)21-18(26)16-10-20-17(11-19-16)23-7-5-22(12-24)6-8-23/h2-4,9-12H,5-8H2,1H3,(H,21,26). The molecule has 26 heavy (non-hydrogen) atoms. The van der Waals surface area contributed by atoms with Gasteiger partial charge in [-0.15, -0.1) is 0 Å². The van der Waals surface area contributed by atoms with E-state index in [4.69, 9.17) is 0 Å². The summed E-state index contributed by atoms with van der Waals surface area (Å²) >= 11 is 0. The van der Waals surface area contributed by atoms with Crippen LogP contribution in [0.4, 0.5) is 11.5 Å². The molecule has 1 aliphatic heterocycles. The van der Waals surface area contributed by atoms with E-state index in [9.17, 15) is 14.4 Å². The van der Waals surface area contributed by atoms with E-state index >= 15 is 0 Å². The smallest absolute Gasteiger partial charge is 0.275 e. The van der Waals surface area contributed by atoms with Crippen LogP contribution in [0.1, 0.15) is 27.8 Å². The van der Waals surface area contributed by atoms with Crippen molar-refractivity contribution in [2.24, 2.45) is 0 Å². The van der Waals surface area contributed by atoms with Gasteiger partial charge in [0, 0.05) is 37.4 Å². The third-order valence-electron chi connectivity index (χ3n) is 4.19. The van der Waals surface area contributed by atoms with Gasteiger partial charge in [-0.2, -0.15) is 0 Å². The summed E-state index contributed by atoms with van der Waals surface area (Å²) in [6.45, 7) is 4.10. The fourth-order valence-electron chi connectivity index (χ4n) is 2.67. The predicted octanol–water partition coefficient (Wildman–Crippen LogP) is 1.21. The number of hydrogen-bond acceptors (Lipinski definition) is 6. The maximum atomic E-state index is 12.3. The average molecular weight is 353 g/mol. The Labute approximate surface area is 150 Å². The molecule has 0 bridgehead atoms. The van der Waals surface area contributed by atoms with Crippen LogP contribution < -0.4 is 10.2 Å². The molecular formula is C18H19N5O3. The highest BCUT2D eigenvalue weighted by Crippen LogP contribution is 2.14. The molecule has 1 N–H and O–H groups in total. The molecule has 3 rings (SSSR count). The lowest BCUT2D eigenvalue weighted by Gasteiger charge is -2.33. The highest BCUT2D eigenvalue weighted by atomic mass is 16.2. The Morgan fingerprint density at radius 1 is 1.12 bits per heavy atom. The highest BCUT2D eigenvalue weighted by Gasteiger charge is 2.17. The summed E-state index contributed by atoms with van der Waals surface area (Å²) in [6, 6.07) is 6.73. The maximum Gasteiger partial charge on any atom is 0.275 e. The van der Waals surface area contributed by atoms with Crippen molar-refractivity contribution in [1.29, 1.82) is 0 Å².